The molecule has 2 heterocycles. The van der Waals surface area contributed by atoms with Gasteiger partial charge in [0, 0.05) is 26.9 Å². The topological polar surface area (TPSA) is 92.9 Å². The molecular weight excluding hydrogens is 578 g/mol. The summed E-state index contributed by atoms with van der Waals surface area (Å²) >= 11 is 9.60. The van der Waals surface area contributed by atoms with E-state index >= 15 is 0 Å². The van der Waals surface area contributed by atoms with Gasteiger partial charge >= 0.3 is 0 Å². The lowest BCUT2D eigenvalue weighted by atomic mass is 10.2. The Morgan fingerprint density at radius 2 is 2.00 bits per heavy atom. The highest BCUT2D eigenvalue weighted by Crippen LogP contribution is 2.28. The number of aliphatic hydroxyl groups is 1. The molecule has 0 aliphatic rings. The minimum Gasteiger partial charge on any atom is -0.390 e. The first-order valence-electron chi connectivity index (χ1n) is 9.66. The molecule has 4 rings (SSSR count). The summed E-state index contributed by atoms with van der Waals surface area (Å²) in [5, 5.41) is 22.9. The van der Waals surface area contributed by atoms with Crippen LogP contribution in [0.4, 0.5) is 5.69 Å². The molecule has 0 radical (unpaired) electrons. The quantitative estimate of drug-likeness (QED) is 0.292. The van der Waals surface area contributed by atoms with E-state index in [4.69, 9.17) is 0 Å². The Morgan fingerprint density at radius 3 is 2.78 bits per heavy atom. The molecule has 0 aliphatic carbocycles. The van der Waals surface area contributed by atoms with E-state index in [0.29, 0.717) is 38.5 Å². The summed E-state index contributed by atoms with van der Waals surface area (Å²) in [5.74, 6) is 0.984. The van der Waals surface area contributed by atoms with Crippen molar-refractivity contribution >= 4 is 71.5 Å². The molecule has 0 spiro atoms. The number of anilines is 1. The molecule has 11 heteroatoms. The predicted molar refractivity (Wildman–Crippen MR) is 137 cm³/mol. The van der Waals surface area contributed by atoms with Gasteiger partial charge in [-0.3, -0.25) is 4.79 Å². The van der Waals surface area contributed by atoms with Crippen LogP contribution in [0.25, 0.3) is 16.0 Å². The maximum Gasteiger partial charge on any atom is 0.267 e. The van der Waals surface area contributed by atoms with Gasteiger partial charge in [-0.2, -0.15) is 0 Å². The van der Waals surface area contributed by atoms with Crippen molar-refractivity contribution in [3.8, 4) is 5.13 Å². The van der Waals surface area contributed by atoms with Crippen LogP contribution in [0.1, 0.15) is 11.4 Å². The van der Waals surface area contributed by atoms with Crippen LogP contribution in [0.5, 0.6) is 0 Å². The third kappa shape index (κ3) is 5.07. The summed E-state index contributed by atoms with van der Waals surface area (Å²) in [5.41, 5.74) is 2.54. The summed E-state index contributed by atoms with van der Waals surface area (Å²) in [4.78, 5) is 17.7. The van der Waals surface area contributed by atoms with Crippen molar-refractivity contribution in [1.29, 1.82) is 0 Å². The molecule has 0 bridgehead atoms. The van der Waals surface area contributed by atoms with E-state index in [1.165, 1.54) is 27.7 Å². The van der Waals surface area contributed by atoms with Crippen LogP contribution >= 0.6 is 55.0 Å². The van der Waals surface area contributed by atoms with Gasteiger partial charge in [0.1, 0.15) is 5.82 Å². The summed E-state index contributed by atoms with van der Waals surface area (Å²) < 4.78 is 3.68. The molecule has 0 fully saturated rings. The molecule has 32 heavy (non-hydrogen) atoms. The Morgan fingerprint density at radius 1 is 1.22 bits per heavy atom. The smallest absolute Gasteiger partial charge is 0.267 e. The maximum absolute atomic E-state index is 13.1. The largest absolute Gasteiger partial charge is 0.390 e. The SMILES string of the molecule is Cc1ccccc1NCC(O)CSc1nnc(-n2c(C)nc3c(Br)cc(Br)cc3c2=O)s1. The molecular formula is C21H19Br2N5O2S2. The van der Waals surface area contributed by atoms with Crippen molar-refractivity contribution in [1.82, 2.24) is 19.7 Å². The number of aryl methyl sites for hydroxylation is 2. The van der Waals surface area contributed by atoms with E-state index < -0.39 is 6.10 Å². The molecule has 0 amide bonds. The third-order valence-electron chi connectivity index (χ3n) is 4.72. The number of thioether (sulfide) groups is 1. The van der Waals surface area contributed by atoms with E-state index in [2.05, 4.69) is 52.4 Å². The van der Waals surface area contributed by atoms with Crippen LogP contribution in [0, 0.1) is 13.8 Å². The average Bonchev–Trinajstić information content (AvgIpc) is 3.21. The lowest BCUT2D eigenvalue weighted by Gasteiger charge is -2.13. The van der Waals surface area contributed by atoms with Gasteiger partial charge < -0.3 is 10.4 Å². The summed E-state index contributed by atoms with van der Waals surface area (Å²) in [7, 11) is 0. The number of fused-ring (bicyclic) bond motifs is 1. The number of aromatic nitrogens is 4. The van der Waals surface area contributed by atoms with Gasteiger partial charge in [-0.15, -0.1) is 10.2 Å². The van der Waals surface area contributed by atoms with E-state index in [1.54, 1.807) is 13.0 Å². The maximum atomic E-state index is 13.1. The van der Waals surface area contributed by atoms with Gasteiger partial charge in [-0.25, -0.2) is 9.55 Å². The number of nitrogens with zero attached hydrogens (tertiary/aromatic N) is 4. The lowest BCUT2D eigenvalue weighted by molar-refractivity contribution is 0.213. The standard InChI is InChI=1S/C21H19Br2N5O2S2/c1-11-5-3-4-6-17(11)24-9-14(29)10-31-21-27-26-20(32-21)28-12(2)25-18-15(19(28)30)7-13(22)8-16(18)23/h3-8,14,24,29H,9-10H2,1-2H3. The molecule has 4 aromatic rings. The second-order valence-corrected chi connectivity index (χ2v) is 11.1. The normalized spacial score (nSPS) is 12.3. The molecule has 0 saturated heterocycles. The van der Waals surface area contributed by atoms with Crippen molar-refractivity contribution in [2.75, 3.05) is 17.6 Å². The number of halogens is 2. The van der Waals surface area contributed by atoms with Crippen LogP contribution in [0.3, 0.4) is 0 Å². The summed E-state index contributed by atoms with van der Waals surface area (Å²) in [6, 6.07) is 11.6. The fraction of sp³-hybridized carbons (Fsp3) is 0.238. The zero-order valence-corrected chi connectivity index (χ0v) is 22.0. The Hall–Kier alpha value is -1.79. The van der Waals surface area contributed by atoms with Gasteiger partial charge in [0.25, 0.3) is 5.56 Å². The van der Waals surface area contributed by atoms with Gasteiger partial charge in [0.15, 0.2) is 4.34 Å². The monoisotopic (exact) mass is 595 g/mol. The number of nitrogens with one attached hydrogen (secondary N) is 1. The average molecular weight is 597 g/mol. The first-order valence-corrected chi connectivity index (χ1v) is 13.0. The molecule has 1 unspecified atom stereocenters. The lowest BCUT2D eigenvalue weighted by Crippen LogP contribution is -2.22. The van der Waals surface area contributed by atoms with Crippen molar-refractivity contribution in [2.24, 2.45) is 0 Å². The molecule has 1 atom stereocenters. The predicted octanol–water partition coefficient (Wildman–Crippen LogP) is 4.94. The Balaban J connectivity index is 1.48. The van der Waals surface area contributed by atoms with E-state index in [-0.39, 0.29) is 5.56 Å². The molecule has 7 nitrogen and oxygen atoms in total. The van der Waals surface area contributed by atoms with E-state index in [1.807, 2.05) is 37.3 Å². The van der Waals surface area contributed by atoms with Crippen molar-refractivity contribution in [2.45, 2.75) is 24.3 Å². The highest BCUT2D eigenvalue weighted by Gasteiger charge is 2.17. The first-order chi connectivity index (χ1) is 15.3. The summed E-state index contributed by atoms with van der Waals surface area (Å²) in [6.45, 7) is 4.22. The zero-order valence-electron chi connectivity index (χ0n) is 17.2. The molecule has 2 N–H and O–H groups in total. The third-order valence-corrected chi connectivity index (χ3v) is 7.97. The second kappa shape index (κ2) is 10.0. The van der Waals surface area contributed by atoms with Crippen molar-refractivity contribution < 1.29 is 5.11 Å². The van der Waals surface area contributed by atoms with E-state index in [9.17, 15) is 9.90 Å². The van der Waals surface area contributed by atoms with Crippen molar-refractivity contribution in [3.05, 3.63) is 67.1 Å². The van der Waals surface area contributed by atoms with Crippen LogP contribution in [0.2, 0.25) is 0 Å². The Labute approximate surface area is 209 Å². The number of para-hydroxylation sites is 1. The summed E-state index contributed by atoms with van der Waals surface area (Å²) in [6.07, 6.45) is -0.562. The molecule has 2 aromatic heterocycles. The molecule has 0 saturated carbocycles. The minimum atomic E-state index is -0.562. The fourth-order valence-electron chi connectivity index (χ4n) is 3.12. The van der Waals surface area contributed by atoms with Crippen LogP contribution in [0.15, 0.2) is 54.5 Å². The first kappa shape index (κ1) is 23.4. The van der Waals surface area contributed by atoms with Gasteiger partial charge in [0.2, 0.25) is 5.13 Å². The van der Waals surface area contributed by atoms with Crippen molar-refractivity contribution in [3.63, 3.8) is 0 Å². The highest BCUT2D eigenvalue weighted by molar-refractivity contribution is 9.11. The molecule has 2 aromatic carbocycles. The number of rotatable bonds is 7. The number of aliphatic hydroxyl groups excluding tert-OH is 1. The number of benzene rings is 2. The number of hydrogen-bond donors (Lipinski definition) is 2. The second-order valence-electron chi connectivity index (χ2n) is 7.09. The fourth-order valence-corrected chi connectivity index (χ4v) is 6.28. The van der Waals surface area contributed by atoms with E-state index in [0.717, 1.165) is 20.2 Å². The zero-order chi connectivity index (χ0) is 22.8. The minimum absolute atomic E-state index is 0.204. The van der Waals surface area contributed by atoms with Gasteiger partial charge in [-0.1, -0.05) is 57.2 Å². The number of hydrogen-bond acceptors (Lipinski definition) is 8. The molecule has 0 aliphatic heterocycles. The van der Waals surface area contributed by atoms with Crippen LogP contribution in [-0.2, 0) is 0 Å². The van der Waals surface area contributed by atoms with Crippen LogP contribution < -0.4 is 10.9 Å². The Bertz CT molecular complexity index is 1340. The Kier molecular flexibility index (Phi) is 7.30. The van der Waals surface area contributed by atoms with Crippen LogP contribution in [-0.4, -0.2) is 43.3 Å². The van der Waals surface area contributed by atoms with Gasteiger partial charge in [0.05, 0.1) is 17.0 Å². The highest BCUT2D eigenvalue weighted by atomic mass is 79.9. The van der Waals surface area contributed by atoms with Gasteiger partial charge in [-0.05, 0) is 53.5 Å². The molecule has 166 valence electrons.